The summed E-state index contributed by atoms with van der Waals surface area (Å²) in [6.07, 6.45) is 0. The van der Waals surface area contributed by atoms with Gasteiger partial charge in [0.1, 0.15) is 4.90 Å². The molecule has 9 heteroatoms. The highest BCUT2D eigenvalue weighted by molar-refractivity contribution is 9.11. The van der Waals surface area contributed by atoms with Gasteiger partial charge in [0, 0.05) is 11.4 Å². The van der Waals surface area contributed by atoms with E-state index < -0.39 is 10.0 Å². The van der Waals surface area contributed by atoms with Gasteiger partial charge in [-0.1, -0.05) is 0 Å². The van der Waals surface area contributed by atoms with Crippen LogP contribution in [0.1, 0.15) is 16.3 Å². The first-order chi connectivity index (χ1) is 8.85. The van der Waals surface area contributed by atoms with E-state index in [9.17, 15) is 8.42 Å². The van der Waals surface area contributed by atoms with E-state index in [0.717, 1.165) is 4.88 Å². The molecule has 19 heavy (non-hydrogen) atoms. The first kappa shape index (κ1) is 14.5. The van der Waals surface area contributed by atoms with Crippen molar-refractivity contribution in [3.8, 4) is 0 Å². The van der Waals surface area contributed by atoms with E-state index in [1.54, 1.807) is 19.9 Å². The summed E-state index contributed by atoms with van der Waals surface area (Å²) in [4.78, 5) is 0.992. The largest absolute Gasteiger partial charge is 0.326 e. The molecule has 0 fully saturated rings. The molecule has 2 aromatic rings. The van der Waals surface area contributed by atoms with Crippen molar-refractivity contribution in [2.75, 3.05) is 4.72 Å². The number of halogens is 1. The molecule has 0 saturated carbocycles. The first-order valence-corrected chi connectivity index (χ1v) is 8.47. The fourth-order valence-corrected chi connectivity index (χ4v) is 5.32. The van der Waals surface area contributed by atoms with Crippen molar-refractivity contribution < 1.29 is 8.42 Å². The second-order valence-corrected chi connectivity index (χ2v) is 8.07. The molecule has 0 aliphatic heterocycles. The van der Waals surface area contributed by atoms with Gasteiger partial charge in [-0.25, -0.2) is 8.42 Å². The summed E-state index contributed by atoms with van der Waals surface area (Å²) in [7, 11) is -3.65. The molecule has 104 valence electrons. The van der Waals surface area contributed by atoms with Crippen molar-refractivity contribution >= 4 is 43.0 Å². The van der Waals surface area contributed by atoms with Gasteiger partial charge in [0.05, 0.1) is 20.9 Å². The second-order valence-electron chi connectivity index (χ2n) is 3.97. The van der Waals surface area contributed by atoms with Crippen molar-refractivity contribution in [2.45, 2.75) is 25.3 Å². The van der Waals surface area contributed by atoms with Crippen LogP contribution in [0.3, 0.4) is 0 Å². The Morgan fingerprint density at radius 1 is 1.53 bits per heavy atom. The molecule has 0 aliphatic carbocycles. The van der Waals surface area contributed by atoms with Crippen molar-refractivity contribution in [2.24, 2.45) is 5.73 Å². The van der Waals surface area contributed by atoms with E-state index in [-0.39, 0.29) is 4.90 Å². The van der Waals surface area contributed by atoms with Crippen LogP contribution in [-0.2, 0) is 16.6 Å². The number of nitrogens with zero attached hydrogens (tertiary/aromatic N) is 1. The fraction of sp³-hybridized carbons (Fsp3) is 0.300. The molecule has 0 aliphatic rings. The zero-order valence-electron chi connectivity index (χ0n) is 10.3. The molecule has 0 unspecified atom stereocenters. The van der Waals surface area contributed by atoms with Crippen molar-refractivity contribution in [1.82, 2.24) is 10.2 Å². The van der Waals surface area contributed by atoms with E-state index >= 15 is 0 Å². The summed E-state index contributed by atoms with van der Waals surface area (Å²) in [5, 5.41) is 6.69. The first-order valence-electron chi connectivity index (χ1n) is 5.38. The van der Waals surface area contributed by atoms with Gasteiger partial charge in [-0.05, 0) is 35.8 Å². The quantitative estimate of drug-likeness (QED) is 0.772. The molecule has 2 aromatic heterocycles. The molecule has 4 N–H and O–H groups in total. The highest BCUT2D eigenvalue weighted by atomic mass is 79.9. The third-order valence-corrected chi connectivity index (χ3v) is 6.19. The van der Waals surface area contributed by atoms with Gasteiger partial charge < -0.3 is 5.73 Å². The molecule has 2 heterocycles. The van der Waals surface area contributed by atoms with Gasteiger partial charge in [0.2, 0.25) is 0 Å². The zero-order chi connectivity index (χ0) is 14.2. The number of thiophene rings is 1. The minimum absolute atomic E-state index is 0.193. The minimum Gasteiger partial charge on any atom is -0.326 e. The zero-order valence-corrected chi connectivity index (χ0v) is 13.5. The van der Waals surface area contributed by atoms with Crippen molar-refractivity contribution in [3.63, 3.8) is 0 Å². The second kappa shape index (κ2) is 5.23. The number of sulfonamides is 1. The average molecular weight is 365 g/mol. The van der Waals surface area contributed by atoms with Crippen LogP contribution < -0.4 is 10.5 Å². The molecule has 2 rings (SSSR count). The van der Waals surface area contributed by atoms with Gasteiger partial charge in [0.25, 0.3) is 10.0 Å². The Hall–Kier alpha value is -0.900. The molecule has 0 radical (unpaired) electrons. The van der Waals surface area contributed by atoms with Gasteiger partial charge >= 0.3 is 0 Å². The Kier molecular flexibility index (Phi) is 4.00. The number of H-pyrrole nitrogens is 1. The summed E-state index contributed by atoms with van der Waals surface area (Å²) in [6.45, 7) is 3.80. The lowest BCUT2D eigenvalue weighted by molar-refractivity contribution is 0.601. The number of anilines is 1. The lowest BCUT2D eigenvalue weighted by atomic mass is 10.3. The van der Waals surface area contributed by atoms with E-state index in [1.165, 1.54) is 11.3 Å². The number of hydrogen-bond donors (Lipinski definition) is 3. The molecular weight excluding hydrogens is 352 g/mol. The highest BCUT2D eigenvalue weighted by Crippen LogP contribution is 2.33. The molecule has 6 nitrogen and oxygen atoms in total. The Morgan fingerprint density at radius 3 is 2.68 bits per heavy atom. The predicted octanol–water partition coefficient (Wildman–Crippen LogP) is 2.11. The van der Waals surface area contributed by atoms with Gasteiger partial charge in [-0.3, -0.25) is 9.82 Å². The topological polar surface area (TPSA) is 101 Å². The third kappa shape index (κ3) is 2.83. The van der Waals surface area contributed by atoms with Gasteiger partial charge in [-0.2, -0.15) is 5.10 Å². The average Bonchev–Trinajstić information content (AvgIpc) is 2.87. The number of nitrogens with two attached hydrogens (primary N) is 1. The number of aryl methyl sites for hydroxylation is 2. The maximum absolute atomic E-state index is 12.3. The third-order valence-electron chi connectivity index (χ3n) is 2.56. The van der Waals surface area contributed by atoms with E-state index in [1.807, 2.05) is 0 Å². The molecule has 0 aromatic carbocycles. The van der Waals surface area contributed by atoms with Crippen LogP contribution in [0.4, 0.5) is 5.69 Å². The van der Waals surface area contributed by atoms with Crippen molar-refractivity contribution in [3.05, 3.63) is 26.1 Å². The smallest absolute Gasteiger partial charge is 0.264 e. The van der Waals surface area contributed by atoms with Crippen LogP contribution in [0.15, 0.2) is 14.7 Å². The lowest BCUT2D eigenvalue weighted by Crippen LogP contribution is -2.13. The summed E-state index contributed by atoms with van der Waals surface area (Å²) >= 11 is 4.57. The van der Waals surface area contributed by atoms with Crippen molar-refractivity contribution in [1.29, 1.82) is 0 Å². The maximum Gasteiger partial charge on any atom is 0.264 e. The Bertz CT molecular complexity index is 686. The molecule has 0 amide bonds. The number of hydrogen-bond acceptors (Lipinski definition) is 5. The summed E-state index contributed by atoms with van der Waals surface area (Å²) in [6, 6.07) is 1.57. The number of rotatable bonds is 4. The lowest BCUT2D eigenvalue weighted by Gasteiger charge is -2.07. The molecular formula is C10H13BrN4O2S2. The Morgan fingerprint density at radius 2 is 2.21 bits per heavy atom. The normalized spacial score (nSPS) is 11.8. The maximum atomic E-state index is 12.3. The van der Waals surface area contributed by atoms with Crippen LogP contribution >= 0.6 is 27.3 Å². The predicted molar refractivity (Wildman–Crippen MR) is 78.8 cm³/mol. The van der Waals surface area contributed by atoms with Crippen LogP contribution in [0.2, 0.25) is 0 Å². The van der Waals surface area contributed by atoms with E-state index in [4.69, 9.17) is 5.73 Å². The molecule has 0 saturated heterocycles. The highest BCUT2D eigenvalue weighted by Gasteiger charge is 2.23. The minimum atomic E-state index is -3.65. The van der Waals surface area contributed by atoms with Crippen LogP contribution in [0, 0.1) is 13.8 Å². The van der Waals surface area contributed by atoms with E-state index in [0.29, 0.717) is 27.4 Å². The van der Waals surface area contributed by atoms with Crippen LogP contribution in [-0.4, -0.2) is 18.6 Å². The van der Waals surface area contributed by atoms with Crippen LogP contribution in [0.5, 0.6) is 0 Å². The SMILES string of the molecule is Cc1n[nH]c(C)c1NS(=O)(=O)c1cc(CN)sc1Br. The standard InChI is InChI=1S/C10H13BrN4O2S2/c1-5-9(6(2)14-13-5)15-19(16,17)8-3-7(4-12)18-10(8)11/h3,15H,4,12H2,1-2H3,(H,13,14). The number of aromatic nitrogens is 2. The molecule has 0 atom stereocenters. The number of aromatic amines is 1. The fourth-order valence-electron chi connectivity index (χ4n) is 1.57. The Labute approximate surface area is 123 Å². The van der Waals surface area contributed by atoms with E-state index in [2.05, 4.69) is 30.8 Å². The number of nitrogens with one attached hydrogen (secondary N) is 2. The van der Waals surface area contributed by atoms with Gasteiger partial charge in [0.15, 0.2) is 0 Å². The summed E-state index contributed by atoms with van der Waals surface area (Å²) < 4.78 is 27.8. The summed E-state index contributed by atoms with van der Waals surface area (Å²) in [5.41, 5.74) is 7.27. The monoisotopic (exact) mass is 364 g/mol. The molecule has 0 spiro atoms. The molecule has 0 bridgehead atoms. The Balaban J connectivity index is 2.40. The van der Waals surface area contributed by atoms with Gasteiger partial charge in [-0.15, -0.1) is 11.3 Å². The van der Waals surface area contributed by atoms with Crippen LogP contribution in [0.25, 0.3) is 0 Å². The summed E-state index contributed by atoms with van der Waals surface area (Å²) in [5.74, 6) is 0.